The van der Waals surface area contributed by atoms with E-state index in [1.165, 1.54) is 0 Å². The molecule has 1 aliphatic heterocycles. The summed E-state index contributed by atoms with van der Waals surface area (Å²) in [6.45, 7) is 4.79. The van der Waals surface area contributed by atoms with Crippen molar-refractivity contribution in [3.05, 3.63) is 35.2 Å². The molecule has 0 bridgehead atoms. The van der Waals surface area contributed by atoms with Crippen molar-refractivity contribution in [1.29, 1.82) is 0 Å². The highest BCUT2D eigenvalue weighted by atomic mass is 16.5. The van der Waals surface area contributed by atoms with E-state index in [1.807, 2.05) is 19.1 Å². The molecule has 0 aromatic carbocycles. The van der Waals surface area contributed by atoms with Gasteiger partial charge in [-0.2, -0.15) is 4.98 Å². The lowest BCUT2D eigenvalue weighted by Gasteiger charge is -2.31. The molecule has 1 saturated heterocycles. The Kier molecular flexibility index (Phi) is 4.99. The van der Waals surface area contributed by atoms with Crippen molar-refractivity contribution in [2.45, 2.75) is 32.7 Å². The third kappa shape index (κ3) is 4.03. The van der Waals surface area contributed by atoms with E-state index >= 15 is 0 Å². The molecule has 24 heavy (non-hydrogen) atoms. The Morgan fingerprint density at radius 2 is 2.12 bits per heavy atom. The number of rotatable bonds is 5. The van der Waals surface area contributed by atoms with Crippen molar-refractivity contribution in [2.24, 2.45) is 5.92 Å². The Labute approximate surface area is 142 Å². The van der Waals surface area contributed by atoms with E-state index in [0.717, 1.165) is 50.4 Å². The maximum absolute atomic E-state index is 11.9. The maximum atomic E-state index is 11.9. The average molecular weight is 331 g/mol. The molecule has 3 rings (SSSR count). The first-order chi connectivity index (χ1) is 11.5. The number of hydrogen-bond acceptors (Lipinski definition) is 5. The summed E-state index contributed by atoms with van der Waals surface area (Å²) in [5, 5.41) is 3.99. The Hall–Kier alpha value is -2.15. The van der Waals surface area contributed by atoms with Gasteiger partial charge >= 0.3 is 0 Å². The lowest BCUT2D eigenvalue weighted by molar-refractivity contribution is 0.0822. The minimum absolute atomic E-state index is 0.00960. The number of amides is 1. The summed E-state index contributed by atoms with van der Waals surface area (Å²) in [4.78, 5) is 23.5. The number of nitrogens with one attached hydrogen (secondary N) is 1. The topological polar surface area (TPSA) is 78.3 Å². The average Bonchev–Trinajstić information content (AvgIpc) is 3.17. The fraction of sp³-hybridized carbons (Fsp3) is 0.588. The molecule has 1 fully saturated rings. The first kappa shape index (κ1) is 16.7. The molecule has 0 radical (unpaired) electrons. The molecule has 2 aromatic rings. The number of aromatic nitrogens is 3. The number of likely N-dealkylation sites (tertiary alicyclic amines) is 1. The van der Waals surface area contributed by atoms with Crippen LogP contribution in [-0.2, 0) is 13.0 Å². The van der Waals surface area contributed by atoms with Crippen molar-refractivity contribution in [3.8, 4) is 0 Å². The second-order valence-electron chi connectivity index (χ2n) is 6.75. The fourth-order valence-corrected chi connectivity index (χ4v) is 3.17. The van der Waals surface area contributed by atoms with Crippen LogP contribution in [0.4, 0.5) is 0 Å². The lowest BCUT2D eigenvalue weighted by Crippen LogP contribution is -2.34. The molecule has 3 heterocycles. The van der Waals surface area contributed by atoms with Gasteiger partial charge < -0.3 is 14.4 Å². The van der Waals surface area contributed by atoms with Gasteiger partial charge in [0.2, 0.25) is 5.89 Å². The number of carbonyl (C=O) groups excluding carboxylic acids is 1. The van der Waals surface area contributed by atoms with Gasteiger partial charge in [0.1, 0.15) is 5.69 Å². The molecule has 0 saturated carbocycles. The van der Waals surface area contributed by atoms with E-state index in [2.05, 4.69) is 20.0 Å². The van der Waals surface area contributed by atoms with Gasteiger partial charge in [0.25, 0.3) is 5.91 Å². The molecule has 1 aliphatic rings. The van der Waals surface area contributed by atoms with Gasteiger partial charge in [0.15, 0.2) is 5.82 Å². The van der Waals surface area contributed by atoms with Crippen molar-refractivity contribution < 1.29 is 9.32 Å². The van der Waals surface area contributed by atoms with Crippen LogP contribution in [0.25, 0.3) is 0 Å². The zero-order valence-electron chi connectivity index (χ0n) is 14.6. The predicted octanol–water partition coefficient (Wildman–Crippen LogP) is 1.86. The third-order valence-corrected chi connectivity index (χ3v) is 4.52. The van der Waals surface area contributed by atoms with Crippen LogP contribution in [0.3, 0.4) is 0 Å². The Balaban J connectivity index is 1.48. The first-order valence-corrected chi connectivity index (χ1v) is 8.42. The van der Waals surface area contributed by atoms with Gasteiger partial charge in [-0.05, 0) is 44.0 Å². The van der Waals surface area contributed by atoms with Gasteiger partial charge in [-0.1, -0.05) is 5.16 Å². The van der Waals surface area contributed by atoms with Crippen molar-refractivity contribution in [2.75, 3.05) is 27.2 Å². The van der Waals surface area contributed by atoms with Crippen LogP contribution in [0.15, 0.2) is 16.7 Å². The van der Waals surface area contributed by atoms with Crippen LogP contribution in [0.5, 0.6) is 0 Å². The standard InChI is InChI=1S/C17H25N5O2/c1-12-18-16(20-24-12)10-13-6-8-22(9-7-13)11-14-4-5-15(19-14)17(23)21(2)3/h4-5,13,19H,6-11H2,1-3H3. The van der Waals surface area contributed by atoms with Gasteiger partial charge in [0.05, 0.1) is 0 Å². The predicted molar refractivity (Wildman–Crippen MR) is 89.6 cm³/mol. The second kappa shape index (κ2) is 7.17. The highest BCUT2D eigenvalue weighted by Crippen LogP contribution is 2.22. The number of piperidine rings is 1. The van der Waals surface area contributed by atoms with Crippen LogP contribution in [0, 0.1) is 12.8 Å². The molecular formula is C17H25N5O2. The Morgan fingerprint density at radius 3 is 2.75 bits per heavy atom. The molecule has 0 atom stereocenters. The zero-order valence-corrected chi connectivity index (χ0v) is 14.6. The molecular weight excluding hydrogens is 306 g/mol. The molecule has 0 unspecified atom stereocenters. The smallest absolute Gasteiger partial charge is 0.269 e. The van der Waals surface area contributed by atoms with Crippen LogP contribution in [-0.4, -0.2) is 58.0 Å². The molecule has 130 valence electrons. The van der Waals surface area contributed by atoms with Gasteiger partial charge in [-0.3, -0.25) is 9.69 Å². The third-order valence-electron chi connectivity index (χ3n) is 4.52. The van der Waals surface area contributed by atoms with Gasteiger partial charge in [-0.25, -0.2) is 0 Å². The number of carbonyl (C=O) groups is 1. The molecule has 2 aromatic heterocycles. The molecule has 7 nitrogen and oxygen atoms in total. The maximum Gasteiger partial charge on any atom is 0.269 e. The number of nitrogens with zero attached hydrogens (tertiary/aromatic N) is 4. The van der Waals surface area contributed by atoms with E-state index < -0.39 is 0 Å². The SMILES string of the molecule is Cc1nc(CC2CCN(Cc3ccc(C(=O)N(C)C)[nH]3)CC2)no1. The normalized spacial score (nSPS) is 16.5. The molecule has 1 N–H and O–H groups in total. The van der Waals surface area contributed by atoms with Crippen molar-refractivity contribution in [3.63, 3.8) is 0 Å². The molecule has 0 spiro atoms. The summed E-state index contributed by atoms with van der Waals surface area (Å²) in [7, 11) is 3.53. The van der Waals surface area contributed by atoms with Crippen LogP contribution >= 0.6 is 0 Å². The summed E-state index contributed by atoms with van der Waals surface area (Å²) in [6.07, 6.45) is 3.17. The minimum Gasteiger partial charge on any atom is -0.353 e. The van der Waals surface area contributed by atoms with Crippen molar-refractivity contribution >= 4 is 5.91 Å². The highest BCUT2D eigenvalue weighted by molar-refractivity contribution is 5.92. The molecule has 0 aliphatic carbocycles. The summed E-state index contributed by atoms with van der Waals surface area (Å²) < 4.78 is 5.04. The summed E-state index contributed by atoms with van der Waals surface area (Å²) in [6, 6.07) is 3.87. The largest absolute Gasteiger partial charge is 0.353 e. The Morgan fingerprint density at radius 1 is 1.38 bits per heavy atom. The quantitative estimate of drug-likeness (QED) is 0.905. The highest BCUT2D eigenvalue weighted by Gasteiger charge is 2.22. The summed E-state index contributed by atoms with van der Waals surface area (Å²) >= 11 is 0. The Bertz CT molecular complexity index is 683. The fourth-order valence-electron chi connectivity index (χ4n) is 3.17. The van der Waals surface area contributed by atoms with Crippen LogP contribution in [0.2, 0.25) is 0 Å². The monoisotopic (exact) mass is 331 g/mol. The number of aryl methyl sites for hydroxylation is 1. The molecule has 7 heteroatoms. The number of H-pyrrole nitrogens is 1. The minimum atomic E-state index is 0.00960. The number of aromatic amines is 1. The number of hydrogen-bond donors (Lipinski definition) is 1. The van der Waals surface area contributed by atoms with Gasteiger partial charge in [-0.15, -0.1) is 0 Å². The van der Waals surface area contributed by atoms with Crippen LogP contribution in [0.1, 0.15) is 40.7 Å². The summed E-state index contributed by atoms with van der Waals surface area (Å²) in [5.41, 5.74) is 1.74. The van der Waals surface area contributed by atoms with Gasteiger partial charge in [0, 0.05) is 39.7 Å². The van der Waals surface area contributed by atoms with E-state index in [4.69, 9.17) is 4.52 Å². The van der Waals surface area contributed by atoms with Crippen molar-refractivity contribution in [1.82, 2.24) is 24.9 Å². The van der Waals surface area contributed by atoms with E-state index in [-0.39, 0.29) is 5.91 Å². The van der Waals surface area contributed by atoms with E-state index in [0.29, 0.717) is 17.5 Å². The van der Waals surface area contributed by atoms with Crippen LogP contribution < -0.4 is 0 Å². The zero-order chi connectivity index (χ0) is 17.1. The van der Waals surface area contributed by atoms with E-state index in [9.17, 15) is 4.79 Å². The second-order valence-corrected chi connectivity index (χ2v) is 6.75. The summed E-state index contributed by atoms with van der Waals surface area (Å²) in [5.74, 6) is 2.09. The van der Waals surface area contributed by atoms with E-state index in [1.54, 1.807) is 19.0 Å². The lowest BCUT2D eigenvalue weighted by atomic mass is 9.93. The molecule has 1 amide bonds. The first-order valence-electron chi connectivity index (χ1n) is 8.42.